The second-order valence-electron chi connectivity index (χ2n) is 7.46. The van der Waals surface area contributed by atoms with Crippen molar-refractivity contribution in [3.63, 3.8) is 0 Å². The third-order valence-corrected chi connectivity index (χ3v) is 5.19. The van der Waals surface area contributed by atoms with Crippen LogP contribution in [-0.4, -0.2) is 6.61 Å². The van der Waals surface area contributed by atoms with Crippen LogP contribution in [0.1, 0.15) is 30.0 Å². The van der Waals surface area contributed by atoms with Crippen molar-refractivity contribution < 1.29 is 17.9 Å². The molecule has 0 unspecified atom stereocenters. The lowest BCUT2D eigenvalue weighted by molar-refractivity contribution is -0.0498. The van der Waals surface area contributed by atoms with Crippen LogP contribution in [0.15, 0.2) is 78.9 Å². The fourth-order valence-electron chi connectivity index (χ4n) is 3.60. The lowest BCUT2D eigenvalue weighted by atomic mass is 9.99. The van der Waals surface area contributed by atoms with Crippen LogP contribution in [0.5, 0.6) is 5.75 Å². The van der Waals surface area contributed by atoms with Gasteiger partial charge in [-0.2, -0.15) is 8.78 Å². The molecule has 0 aliphatic carbocycles. The van der Waals surface area contributed by atoms with Gasteiger partial charge < -0.3 is 4.74 Å². The van der Waals surface area contributed by atoms with Crippen LogP contribution in [0.2, 0.25) is 0 Å². The Balaban J connectivity index is 1.59. The molecule has 0 saturated carbocycles. The van der Waals surface area contributed by atoms with Crippen LogP contribution in [0.3, 0.4) is 0 Å². The second-order valence-corrected chi connectivity index (χ2v) is 7.46. The molecule has 0 N–H and O–H groups in total. The largest absolute Gasteiger partial charge is 0.435 e. The minimum absolute atomic E-state index is 0.0353. The van der Waals surface area contributed by atoms with E-state index in [2.05, 4.69) is 35.6 Å². The van der Waals surface area contributed by atoms with Gasteiger partial charge in [0.25, 0.3) is 0 Å². The van der Waals surface area contributed by atoms with Gasteiger partial charge in [0.1, 0.15) is 11.6 Å². The van der Waals surface area contributed by atoms with Crippen LogP contribution in [-0.2, 0) is 6.42 Å². The summed E-state index contributed by atoms with van der Waals surface area (Å²) < 4.78 is 44.1. The Morgan fingerprint density at radius 2 is 1.50 bits per heavy atom. The van der Waals surface area contributed by atoms with E-state index >= 15 is 4.39 Å². The molecule has 0 bridgehead atoms. The van der Waals surface area contributed by atoms with Gasteiger partial charge in [0, 0.05) is 22.1 Å². The zero-order valence-corrected chi connectivity index (χ0v) is 17.5. The van der Waals surface area contributed by atoms with E-state index in [1.165, 1.54) is 17.7 Å². The van der Waals surface area contributed by atoms with Crippen LogP contribution in [0.25, 0.3) is 21.9 Å². The first-order valence-corrected chi connectivity index (χ1v) is 10.4. The zero-order valence-electron chi connectivity index (χ0n) is 17.5. The molecule has 4 rings (SSSR count). The molecule has 0 amide bonds. The number of alkyl halides is 2. The highest BCUT2D eigenvalue weighted by Gasteiger charge is 2.11. The van der Waals surface area contributed by atoms with Gasteiger partial charge in [-0.3, -0.25) is 0 Å². The number of halogens is 3. The molecule has 0 aromatic heterocycles. The molecular formula is C28H21F3O. The standard InChI is InChI=1S/C28H21F3O/c1-2-3-19-4-6-20(7-5-19)8-9-21-10-16-26-23(18-21)13-17-25(27(26)29)22-11-14-24(15-12-22)32-28(30)31/h4-7,10-18,28H,2-3H2,1H3. The van der Waals surface area contributed by atoms with Gasteiger partial charge in [-0.25, -0.2) is 4.39 Å². The fraction of sp³-hybridized carbons (Fsp3) is 0.143. The predicted octanol–water partition coefficient (Wildman–Crippen LogP) is 7.60. The Morgan fingerprint density at radius 1 is 0.812 bits per heavy atom. The quantitative estimate of drug-likeness (QED) is 0.296. The molecule has 4 heteroatoms. The second kappa shape index (κ2) is 9.62. The summed E-state index contributed by atoms with van der Waals surface area (Å²) in [5.74, 6) is 5.97. The Kier molecular flexibility index (Phi) is 6.47. The Morgan fingerprint density at radius 3 is 2.19 bits per heavy atom. The van der Waals surface area contributed by atoms with Crippen LogP contribution < -0.4 is 4.74 Å². The molecule has 0 radical (unpaired) electrons. The maximum absolute atomic E-state index is 15.2. The smallest absolute Gasteiger partial charge is 0.387 e. The van der Waals surface area contributed by atoms with Gasteiger partial charge in [-0.1, -0.05) is 67.6 Å². The van der Waals surface area contributed by atoms with Crippen molar-refractivity contribution in [2.24, 2.45) is 0 Å². The number of hydrogen-bond acceptors (Lipinski definition) is 1. The van der Waals surface area contributed by atoms with E-state index in [9.17, 15) is 8.78 Å². The van der Waals surface area contributed by atoms with Crippen molar-refractivity contribution in [2.75, 3.05) is 0 Å². The van der Waals surface area contributed by atoms with Gasteiger partial charge in [-0.05, 0) is 59.3 Å². The van der Waals surface area contributed by atoms with E-state index in [1.54, 1.807) is 30.3 Å². The van der Waals surface area contributed by atoms with E-state index in [0.29, 0.717) is 16.5 Å². The summed E-state index contributed by atoms with van der Waals surface area (Å²) in [7, 11) is 0. The predicted molar refractivity (Wildman–Crippen MR) is 122 cm³/mol. The van der Waals surface area contributed by atoms with Crippen molar-refractivity contribution in [2.45, 2.75) is 26.4 Å². The summed E-state index contributed by atoms with van der Waals surface area (Å²) in [5, 5.41) is 1.22. The van der Waals surface area contributed by atoms with E-state index < -0.39 is 6.61 Å². The minimum atomic E-state index is -2.89. The van der Waals surface area contributed by atoms with Crippen LogP contribution >= 0.6 is 0 Å². The minimum Gasteiger partial charge on any atom is -0.435 e. The van der Waals surface area contributed by atoms with Crippen molar-refractivity contribution in [1.29, 1.82) is 0 Å². The van der Waals surface area contributed by atoms with Gasteiger partial charge in [-0.15, -0.1) is 0 Å². The van der Waals surface area contributed by atoms with Gasteiger partial charge >= 0.3 is 6.61 Å². The van der Waals surface area contributed by atoms with Crippen molar-refractivity contribution >= 4 is 10.8 Å². The normalized spacial score (nSPS) is 10.8. The topological polar surface area (TPSA) is 9.23 Å². The number of ether oxygens (including phenoxy) is 1. The number of fused-ring (bicyclic) bond motifs is 1. The van der Waals surface area contributed by atoms with E-state index in [-0.39, 0.29) is 11.6 Å². The summed E-state index contributed by atoms with van der Waals surface area (Å²) in [5.41, 5.74) is 4.02. The molecule has 0 fully saturated rings. The lowest BCUT2D eigenvalue weighted by Crippen LogP contribution is -2.01. The van der Waals surface area contributed by atoms with Crippen molar-refractivity contribution in [3.05, 3.63) is 101 Å². The molecule has 0 saturated heterocycles. The van der Waals surface area contributed by atoms with Crippen molar-refractivity contribution in [3.8, 4) is 28.7 Å². The van der Waals surface area contributed by atoms with Crippen molar-refractivity contribution in [1.82, 2.24) is 0 Å². The molecule has 4 aromatic carbocycles. The van der Waals surface area contributed by atoms with Gasteiger partial charge in [0.2, 0.25) is 0 Å². The molecular weight excluding hydrogens is 409 g/mol. The number of aryl methyl sites for hydroxylation is 1. The van der Waals surface area contributed by atoms with E-state index in [4.69, 9.17) is 0 Å². The Hall–Kier alpha value is -3.71. The first-order chi connectivity index (χ1) is 15.5. The van der Waals surface area contributed by atoms with E-state index in [1.807, 2.05) is 24.3 Å². The highest BCUT2D eigenvalue weighted by Crippen LogP contribution is 2.30. The Bertz CT molecular complexity index is 1280. The Labute approximate surface area is 185 Å². The summed E-state index contributed by atoms with van der Waals surface area (Å²) in [6, 6.07) is 23.0. The molecule has 4 aromatic rings. The highest BCUT2D eigenvalue weighted by atomic mass is 19.3. The molecule has 160 valence electrons. The molecule has 32 heavy (non-hydrogen) atoms. The highest BCUT2D eigenvalue weighted by molar-refractivity contribution is 5.89. The molecule has 0 spiro atoms. The zero-order chi connectivity index (χ0) is 22.5. The maximum Gasteiger partial charge on any atom is 0.387 e. The molecule has 0 aliphatic heterocycles. The summed E-state index contributed by atoms with van der Waals surface area (Å²) in [4.78, 5) is 0. The third kappa shape index (κ3) is 4.95. The average Bonchev–Trinajstić information content (AvgIpc) is 2.79. The molecule has 0 atom stereocenters. The summed E-state index contributed by atoms with van der Waals surface area (Å²) in [6.07, 6.45) is 2.17. The first-order valence-electron chi connectivity index (χ1n) is 10.4. The number of benzene rings is 4. The van der Waals surface area contributed by atoms with E-state index in [0.717, 1.165) is 29.4 Å². The summed E-state index contributed by atoms with van der Waals surface area (Å²) in [6.45, 7) is -0.739. The third-order valence-electron chi connectivity index (χ3n) is 5.19. The lowest BCUT2D eigenvalue weighted by Gasteiger charge is -2.09. The van der Waals surface area contributed by atoms with Crippen LogP contribution in [0.4, 0.5) is 13.2 Å². The number of rotatable bonds is 5. The first kappa shape index (κ1) is 21.5. The maximum atomic E-state index is 15.2. The average molecular weight is 430 g/mol. The molecule has 0 aliphatic rings. The van der Waals surface area contributed by atoms with Gasteiger partial charge in [0.05, 0.1) is 0 Å². The van der Waals surface area contributed by atoms with Gasteiger partial charge in [0.15, 0.2) is 0 Å². The number of hydrogen-bond donors (Lipinski definition) is 0. The fourth-order valence-corrected chi connectivity index (χ4v) is 3.60. The monoisotopic (exact) mass is 430 g/mol. The molecule has 1 nitrogen and oxygen atoms in total. The summed E-state index contributed by atoms with van der Waals surface area (Å²) >= 11 is 0. The SMILES string of the molecule is CCCc1ccc(C#Cc2ccc3c(F)c(-c4ccc(OC(F)F)cc4)ccc3c2)cc1. The molecule has 0 heterocycles. The van der Waals surface area contributed by atoms with Crippen LogP contribution in [0, 0.1) is 17.7 Å².